The number of allylic oxidation sites excluding steroid dienone is 2. The number of rotatable bonds is 13. The van der Waals surface area contributed by atoms with Gasteiger partial charge < -0.3 is 24.8 Å². The fourth-order valence-electron chi connectivity index (χ4n) is 8.89. The molecule has 0 radical (unpaired) electrons. The number of nitrogens with one attached hydrogen (secondary N) is 2. The minimum atomic E-state index is -4.53. The van der Waals surface area contributed by atoms with Gasteiger partial charge in [0, 0.05) is 65.1 Å². The lowest BCUT2D eigenvalue weighted by Crippen LogP contribution is -2.53. The molecule has 12 nitrogen and oxygen atoms in total. The number of methoxy groups -OCH3 is 1. The van der Waals surface area contributed by atoms with Crippen LogP contribution in [0.5, 0.6) is 17.2 Å². The van der Waals surface area contributed by atoms with Gasteiger partial charge in [-0.25, -0.2) is 4.98 Å². The first-order chi connectivity index (χ1) is 31.2. The Kier molecular flexibility index (Phi) is 14.6. The molecule has 0 unspecified atom stereocenters. The van der Waals surface area contributed by atoms with E-state index in [4.69, 9.17) is 14.2 Å². The lowest BCUT2D eigenvalue weighted by atomic mass is 9.85. The summed E-state index contributed by atoms with van der Waals surface area (Å²) in [5, 5.41) is 14.6. The highest BCUT2D eigenvalue weighted by atomic mass is 19.4. The molecule has 342 valence electrons. The lowest BCUT2D eigenvalue weighted by Gasteiger charge is -2.39. The summed E-state index contributed by atoms with van der Waals surface area (Å²) in [7, 11) is 4.76. The third-order valence-electron chi connectivity index (χ3n) is 12.9. The number of fused-ring (bicyclic) bond motifs is 2. The summed E-state index contributed by atoms with van der Waals surface area (Å²) in [5.74, 6) is 2.13. The number of aromatic nitrogens is 2. The number of ether oxygens (including phenoxy) is 3. The van der Waals surface area contributed by atoms with E-state index in [2.05, 4.69) is 62.5 Å². The van der Waals surface area contributed by atoms with E-state index in [1.165, 1.54) is 40.5 Å². The maximum atomic E-state index is 13.0. The predicted octanol–water partition coefficient (Wildman–Crippen LogP) is 7.32. The van der Waals surface area contributed by atoms with Crippen LogP contribution in [0.3, 0.4) is 0 Å². The number of nitrogens with zero attached hydrogens (tertiary/aromatic N) is 5. The smallest absolute Gasteiger partial charge is 0.433 e. The molecule has 2 saturated heterocycles. The van der Waals surface area contributed by atoms with E-state index in [0.29, 0.717) is 17.9 Å². The van der Waals surface area contributed by atoms with E-state index in [1.54, 1.807) is 26.4 Å². The number of amides is 2. The predicted molar refractivity (Wildman–Crippen MR) is 241 cm³/mol. The number of carbonyl (C=O) groups excluding carboxylic acids is 2. The molecule has 8 rings (SSSR count). The fourth-order valence-corrected chi connectivity index (χ4v) is 8.89. The molecule has 4 aromatic rings. The minimum absolute atomic E-state index is 0.0604. The van der Waals surface area contributed by atoms with Crippen molar-refractivity contribution < 1.29 is 37.0 Å². The largest absolute Gasteiger partial charge is 0.495 e. The van der Waals surface area contributed by atoms with Gasteiger partial charge in [0.15, 0.2) is 0 Å². The zero-order valence-electron chi connectivity index (χ0n) is 37.8. The van der Waals surface area contributed by atoms with Crippen molar-refractivity contribution in [1.29, 1.82) is 5.26 Å². The average molecular weight is 892 g/mol. The van der Waals surface area contributed by atoms with E-state index in [0.717, 1.165) is 105 Å². The van der Waals surface area contributed by atoms with Gasteiger partial charge in [0.1, 0.15) is 36.2 Å². The highest BCUT2D eigenvalue weighted by Gasteiger charge is 2.35. The maximum absolute atomic E-state index is 13.0. The monoisotopic (exact) mass is 891 g/mol. The Labute approximate surface area is 378 Å². The number of alkyl halides is 3. The van der Waals surface area contributed by atoms with Crippen molar-refractivity contribution in [1.82, 2.24) is 30.4 Å². The molecule has 2 aliphatic carbocycles. The van der Waals surface area contributed by atoms with E-state index in [9.17, 15) is 28.0 Å². The summed E-state index contributed by atoms with van der Waals surface area (Å²) in [6, 6.07) is 17.0. The Morgan fingerprint density at radius 2 is 1.28 bits per heavy atom. The quantitative estimate of drug-likeness (QED) is 0.140. The van der Waals surface area contributed by atoms with Crippen molar-refractivity contribution in [3.8, 4) is 23.3 Å². The number of hydrogen-bond acceptors (Lipinski definition) is 10. The normalized spacial score (nSPS) is 16.5. The lowest BCUT2D eigenvalue weighted by molar-refractivity contribution is -0.141. The Morgan fingerprint density at radius 3 is 1.75 bits per heavy atom. The van der Waals surface area contributed by atoms with Crippen LogP contribution in [0, 0.1) is 30.1 Å². The van der Waals surface area contributed by atoms with Gasteiger partial charge in [-0.1, -0.05) is 23.3 Å². The van der Waals surface area contributed by atoms with Gasteiger partial charge in [-0.3, -0.25) is 24.4 Å². The number of benzene rings is 2. The number of hydrogen-bond donors (Lipinski definition) is 2. The molecule has 65 heavy (non-hydrogen) atoms. The van der Waals surface area contributed by atoms with Crippen molar-refractivity contribution in [3.63, 3.8) is 0 Å². The van der Waals surface area contributed by atoms with Crippen LogP contribution in [0.15, 0.2) is 72.1 Å². The molecule has 0 spiro atoms. The highest BCUT2D eigenvalue weighted by molar-refractivity contribution is 5.80. The molecular formula is C50H56F3N7O5. The average Bonchev–Trinajstić information content (AvgIpc) is 3.28. The fraction of sp³-hybridized carbons (Fsp3) is 0.420. The Balaban J connectivity index is 0.000000195. The van der Waals surface area contributed by atoms with Gasteiger partial charge in [0.25, 0.3) is 0 Å². The van der Waals surface area contributed by atoms with Crippen LogP contribution in [0.25, 0.3) is 11.1 Å². The van der Waals surface area contributed by atoms with Gasteiger partial charge in [-0.15, -0.1) is 0 Å². The molecule has 2 aromatic carbocycles. The molecule has 2 aliphatic heterocycles. The zero-order chi connectivity index (χ0) is 46.4. The molecule has 0 atom stereocenters. The number of halogens is 3. The summed E-state index contributed by atoms with van der Waals surface area (Å²) in [6.07, 6.45) is 2.07. The maximum Gasteiger partial charge on any atom is 0.433 e. The topological polar surface area (TPSA) is 142 Å². The first-order valence-corrected chi connectivity index (χ1v) is 21.9. The van der Waals surface area contributed by atoms with Crippen LogP contribution in [-0.4, -0.2) is 92.1 Å². The molecule has 0 saturated carbocycles. The third kappa shape index (κ3) is 11.0. The number of carbonyl (C=O) groups is 2. The molecule has 15 heteroatoms. The van der Waals surface area contributed by atoms with Crippen molar-refractivity contribution in [2.75, 3.05) is 60.5 Å². The van der Waals surface area contributed by atoms with Crippen LogP contribution in [0.4, 0.5) is 13.2 Å². The van der Waals surface area contributed by atoms with Gasteiger partial charge in [0.05, 0.1) is 42.5 Å². The molecular weight excluding hydrogens is 836 g/mol. The van der Waals surface area contributed by atoms with Crippen molar-refractivity contribution in [3.05, 3.63) is 122 Å². The van der Waals surface area contributed by atoms with E-state index < -0.39 is 11.9 Å². The van der Waals surface area contributed by atoms with Crippen molar-refractivity contribution in [2.24, 2.45) is 11.8 Å². The number of aryl methyl sites for hydroxylation is 3. The second kappa shape index (κ2) is 20.3. The van der Waals surface area contributed by atoms with Gasteiger partial charge in [-0.2, -0.15) is 18.4 Å². The van der Waals surface area contributed by atoms with Crippen LogP contribution < -0.4 is 24.8 Å². The Hall–Kier alpha value is -6.24. The second-order valence-corrected chi connectivity index (χ2v) is 17.2. The summed E-state index contributed by atoms with van der Waals surface area (Å²) in [6.45, 7) is 11.5. The molecule has 4 heterocycles. The number of pyridine rings is 2. The van der Waals surface area contributed by atoms with Crippen molar-refractivity contribution >= 4 is 23.0 Å². The summed E-state index contributed by atoms with van der Waals surface area (Å²) in [4.78, 5) is 35.8. The number of likely N-dealkylation sites (tertiary alicyclic amines) is 2. The molecule has 2 amide bonds. The van der Waals surface area contributed by atoms with Crippen molar-refractivity contribution in [2.45, 2.75) is 65.8 Å². The first-order valence-electron chi connectivity index (χ1n) is 21.9. The van der Waals surface area contributed by atoms with Crippen LogP contribution in [0.1, 0.15) is 77.0 Å². The second-order valence-electron chi connectivity index (χ2n) is 17.2. The summed E-state index contributed by atoms with van der Waals surface area (Å²) >= 11 is 0. The SMILES string of the molecule is CNC(=O)C1CN(CC2=C(C)c3ccc(OCc4cc(C#N)c(C)cn4)cc3CC2)C1.CNC(=O)C1CN(CC2=C(C)c3ccc(OCc4cc(C(F)(F)F)ncc4OC)cc3CC2)C1. The minimum Gasteiger partial charge on any atom is -0.495 e. The van der Waals surface area contributed by atoms with E-state index in [1.807, 2.05) is 31.2 Å². The molecule has 2 aromatic heterocycles. The highest BCUT2D eigenvalue weighted by Crippen LogP contribution is 2.37. The molecule has 2 fully saturated rings. The van der Waals surface area contributed by atoms with Gasteiger partial charge in [-0.05, 0) is 122 Å². The first kappa shape index (κ1) is 46.7. The third-order valence-corrected chi connectivity index (χ3v) is 12.9. The zero-order valence-corrected chi connectivity index (χ0v) is 37.8. The summed E-state index contributed by atoms with van der Waals surface area (Å²) < 4.78 is 56.0. The standard InChI is InChI=1S/C25H28F3N3O3.C25H28N4O2/c1-15-17(11-31-12-19(13-31)24(32)29-2)5-4-16-8-20(6-7-21(15)16)34-14-18-9-23(25(26,27)28)30-10-22(18)33-3;1-16-11-28-22(8-20(16)10-26)15-31-23-6-7-24-17(2)19(5-4-18(24)9-23)12-29-13-21(14-29)25(30)27-3/h6-10,19H,4-5,11-14H2,1-3H3,(H,29,32);6-9,11,21H,4-5,12-15H2,1-3H3,(H,27,30). The molecule has 2 N–H and O–H groups in total. The van der Waals surface area contributed by atoms with Crippen LogP contribution in [-0.2, 0) is 41.8 Å². The number of nitriles is 1. The van der Waals surface area contributed by atoms with E-state index in [-0.39, 0.29) is 41.6 Å². The molecule has 4 aliphatic rings. The molecule has 0 bridgehead atoms. The Bertz CT molecular complexity index is 2540. The summed E-state index contributed by atoms with van der Waals surface area (Å²) in [5.41, 5.74) is 11.9. The van der Waals surface area contributed by atoms with Crippen LogP contribution >= 0.6 is 0 Å². The Morgan fingerprint density at radius 1 is 0.754 bits per heavy atom. The van der Waals surface area contributed by atoms with Gasteiger partial charge in [0.2, 0.25) is 11.8 Å². The van der Waals surface area contributed by atoms with Crippen LogP contribution in [0.2, 0.25) is 0 Å². The van der Waals surface area contributed by atoms with Gasteiger partial charge >= 0.3 is 6.18 Å². The van der Waals surface area contributed by atoms with E-state index >= 15 is 0 Å².